The van der Waals surface area contributed by atoms with Gasteiger partial charge in [-0.15, -0.1) is 10.2 Å². The zero-order chi connectivity index (χ0) is 31.6. The summed E-state index contributed by atoms with van der Waals surface area (Å²) in [6.07, 6.45) is 0. The number of aromatic hydroxyl groups is 1. The molecule has 0 fully saturated rings. The molecule has 17 heteroatoms. The van der Waals surface area contributed by atoms with E-state index in [9.17, 15) is 26.5 Å². The van der Waals surface area contributed by atoms with Crippen LogP contribution < -0.4 is 16.4 Å². The van der Waals surface area contributed by atoms with Gasteiger partial charge in [0, 0.05) is 16.8 Å². The van der Waals surface area contributed by atoms with Gasteiger partial charge in [0.25, 0.3) is 10.1 Å². The van der Waals surface area contributed by atoms with Crippen LogP contribution in [0.4, 0.5) is 40.3 Å². The number of aromatic nitrogens is 3. The molecule has 0 atom stereocenters. The summed E-state index contributed by atoms with van der Waals surface area (Å²) in [7, 11) is -8.41. The minimum Gasteiger partial charge on any atom is -0.507 e. The van der Waals surface area contributed by atoms with Gasteiger partial charge in [0.15, 0.2) is 9.84 Å². The standard InChI is InChI=1S/C27H21ClN8O6S2/c1-2-43(38,39)18-10-7-16(8-11-18)30-26-32-25(28)33-27(34-26)31-17-9-13-20(22(14-17)44(40,41)42)35-36-24-19(29)12-6-15-4-3-5-21(37)23(15)24/h2-14,37H,1,29H2,(H,40,41,42)(H2,30,31,32,33,34). The van der Waals surface area contributed by atoms with E-state index in [-0.39, 0.29) is 50.6 Å². The molecule has 0 aliphatic carbocycles. The van der Waals surface area contributed by atoms with Crippen LogP contribution in [0.25, 0.3) is 10.8 Å². The van der Waals surface area contributed by atoms with Gasteiger partial charge in [-0.05, 0) is 71.6 Å². The minimum atomic E-state index is -4.80. The van der Waals surface area contributed by atoms with Gasteiger partial charge in [0.05, 0.1) is 16.0 Å². The predicted octanol–water partition coefficient (Wildman–Crippen LogP) is 6.03. The summed E-state index contributed by atoms with van der Waals surface area (Å²) in [6.45, 7) is 3.29. The molecule has 0 bridgehead atoms. The maximum absolute atomic E-state index is 12.3. The van der Waals surface area contributed by atoms with E-state index in [4.69, 9.17) is 17.3 Å². The third-order valence-electron chi connectivity index (χ3n) is 6.05. The summed E-state index contributed by atoms with van der Waals surface area (Å²) in [5.74, 6) is -0.197. The molecule has 0 amide bonds. The fraction of sp³-hybridized carbons (Fsp3) is 0. The van der Waals surface area contributed by atoms with Gasteiger partial charge >= 0.3 is 0 Å². The highest BCUT2D eigenvalue weighted by atomic mass is 35.5. The number of phenols is 1. The van der Waals surface area contributed by atoms with Gasteiger partial charge in [-0.2, -0.15) is 23.4 Å². The van der Waals surface area contributed by atoms with Gasteiger partial charge in [-0.25, -0.2) is 8.42 Å². The third-order valence-corrected chi connectivity index (χ3v) is 8.47. The lowest BCUT2D eigenvalue weighted by Crippen LogP contribution is -2.05. The lowest BCUT2D eigenvalue weighted by Gasteiger charge is -2.10. The summed E-state index contributed by atoms with van der Waals surface area (Å²) in [6, 6.07) is 17.6. The zero-order valence-corrected chi connectivity index (χ0v) is 24.6. The molecule has 4 aromatic carbocycles. The van der Waals surface area contributed by atoms with Crippen LogP contribution in [0.5, 0.6) is 5.75 Å². The molecule has 44 heavy (non-hydrogen) atoms. The molecule has 5 rings (SSSR count). The highest BCUT2D eigenvalue weighted by Crippen LogP contribution is 2.39. The Bertz CT molecular complexity index is 2180. The van der Waals surface area contributed by atoms with E-state index in [1.165, 1.54) is 42.5 Å². The Morgan fingerprint density at radius 1 is 0.864 bits per heavy atom. The van der Waals surface area contributed by atoms with Crippen molar-refractivity contribution in [3.8, 4) is 5.75 Å². The summed E-state index contributed by atoms with van der Waals surface area (Å²) in [4.78, 5) is 11.6. The minimum absolute atomic E-state index is 0.0109. The Hall–Kier alpha value is -5.16. The number of halogens is 1. The number of nitrogen functional groups attached to an aromatic ring is 1. The van der Waals surface area contributed by atoms with Gasteiger partial charge in [-0.1, -0.05) is 24.8 Å². The number of anilines is 5. The van der Waals surface area contributed by atoms with Crippen molar-refractivity contribution in [3.05, 3.63) is 90.1 Å². The second kappa shape index (κ2) is 11.8. The summed E-state index contributed by atoms with van der Waals surface area (Å²) < 4.78 is 58.3. The molecule has 1 heterocycles. The third kappa shape index (κ3) is 6.57. The smallest absolute Gasteiger partial charge is 0.296 e. The van der Waals surface area contributed by atoms with Crippen molar-refractivity contribution in [3.63, 3.8) is 0 Å². The van der Waals surface area contributed by atoms with Crippen LogP contribution in [0.1, 0.15) is 0 Å². The highest BCUT2D eigenvalue weighted by molar-refractivity contribution is 7.94. The molecular weight excluding hydrogens is 632 g/mol. The van der Waals surface area contributed by atoms with E-state index >= 15 is 0 Å². The lowest BCUT2D eigenvalue weighted by atomic mass is 10.1. The van der Waals surface area contributed by atoms with Crippen LogP contribution in [-0.4, -0.2) is 41.4 Å². The molecule has 0 aliphatic heterocycles. The van der Waals surface area contributed by atoms with Crippen molar-refractivity contribution in [2.75, 3.05) is 16.4 Å². The number of hydrogen-bond donors (Lipinski definition) is 5. The molecule has 0 aliphatic rings. The summed E-state index contributed by atoms with van der Waals surface area (Å²) >= 11 is 6.06. The molecule has 14 nitrogen and oxygen atoms in total. The quantitative estimate of drug-likeness (QED) is 0.0699. The molecule has 5 aromatic rings. The van der Waals surface area contributed by atoms with Gasteiger partial charge < -0.3 is 21.5 Å². The molecule has 1 aromatic heterocycles. The molecule has 0 spiro atoms. The number of rotatable bonds is 9. The average Bonchev–Trinajstić information content (AvgIpc) is 2.97. The Morgan fingerprint density at radius 2 is 1.52 bits per heavy atom. The van der Waals surface area contributed by atoms with Crippen LogP contribution in [0.15, 0.2) is 105 Å². The number of sulfone groups is 1. The molecule has 6 N–H and O–H groups in total. The number of nitrogens with two attached hydrogens (primary N) is 1. The number of azo groups is 1. The van der Waals surface area contributed by atoms with Gasteiger partial charge in [0.1, 0.15) is 22.0 Å². The topological polar surface area (TPSA) is 222 Å². The number of benzene rings is 4. The van der Waals surface area contributed by atoms with Crippen molar-refractivity contribution in [1.29, 1.82) is 0 Å². The summed E-state index contributed by atoms with van der Waals surface area (Å²) in [5.41, 5.74) is 6.69. The fourth-order valence-corrected chi connectivity index (χ4v) is 5.51. The van der Waals surface area contributed by atoms with E-state index in [0.717, 1.165) is 11.5 Å². The summed E-state index contributed by atoms with van der Waals surface area (Å²) in [5, 5.41) is 25.7. The first kappa shape index (κ1) is 30.3. The van der Waals surface area contributed by atoms with Crippen molar-refractivity contribution in [2.45, 2.75) is 9.79 Å². The van der Waals surface area contributed by atoms with E-state index in [1.807, 2.05) is 0 Å². The van der Waals surface area contributed by atoms with Crippen LogP contribution in [0, 0.1) is 0 Å². The normalized spacial score (nSPS) is 12.0. The Morgan fingerprint density at radius 3 is 2.18 bits per heavy atom. The maximum atomic E-state index is 12.3. The number of hydrogen-bond acceptors (Lipinski definition) is 13. The largest absolute Gasteiger partial charge is 0.507 e. The first-order chi connectivity index (χ1) is 20.8. The van der Waals surface area contributed by atoms with Crippen LogP contribution in [0.2, 0.25) is 5.28 Å². The highest BCUT2D eigenvalue weighted by Gasteiger charge is 2.18. The van der Waals surface area contributed by atoms with Crippen molar-refractivity contribution >= 4 is 82.7 Å². The van der Waals surface area contributed by atoms with Crippen LogP contribution >= 0.6 is 11.6 Å². The number of nitrogens with one attached hydrogen (secondary N) is 2. The number of fused-ring (bicyclic) bond motifs is 1. The maximum Gasteiger partial charge on any atom is 0.296 e. The van der Waals surface area contributed by atoms with Crippen molar-refractivity contribution in [2.24, 2.45) is 10.2 Å². The van der Waals surface area contributed by atoms with E-state index in [2.05, 4.69) is 42.4 Å². The van der Waals surface area contributed by atoms with E-state index < -0.39 is 24.9 Å². The average molecular weight is 653 g/mol. The number of phenolic OH excluding ortho intramolecular Hbond substituents is 1. The first-order valence-electron chi connectivity index (χ1n) is 12.3. The molecule has 0 saturated heterocycles. The van der Waals surface area contributed by atoms with Crippen LogP contribution in [-0.2, 0) is 20.0 Å². The first-order valence-corrected chi connectivity index (χ1v) is 15.7. The monoisotopic (exact) mass is 652 g/mol. The lowest BCUT2D eigenvalue weighted by molar-refractivity contribution is 0.481. The molecule has 0 radical (unpaired) electrons. The second-order valence-corrected chi connectivity index (χ2v) is 12.6. The Kier molecular flexibility index (Phi) is 8.16. The van der Waals surface area contributed by atoms with Crippen molar-refractivity contribution < 1.29 is 26.5 Å². The van der Waals surface area contributed by atoms with Gasteiger partial charge in [-0.3, -0.25) is 4.55 Å². The molecular formula is C27H21ClN8O6S2. The second-order valence-electron chi connectivity index (χ2n) is 8.97. The molecule has 224 valence electrons. The predicted molar refractivity (Wildman–Crippen MR) is 166 cm³/mol. The van der Waals surface area contributed by atoms with Crippen LogP contribution in [0.3, 0.4) is 0 Å². The number of nitrogens with zero attached hydrogens (tertiary/aromatic N) is 5. The van der Waals surface area contributed by atoms with E-state index in [1.54, 1.807) is 24.3 Å². The molecule has 0 unspecified atom stereocenters. The molecule has 0 saturated carbocycles. The SMILES string of the molecule is C=CS(=O)(=O)c1ccc(Nc2nc(Cl)nc(Nc3ccc(N=Nc4c(N)ccc5cccc(O)c45)c(S(=O)(=O)O)c3)n2)cc1. The zero-order valence-electron chi connectivity index (χ0n) is 22.2. The van der Waals surface area contributed by atoms with Gasteiger partial charge in [0.2, 0.25) is 17.2 Å². The Balaban J connectivity index is 1.43. The van der Waals surface area contributed by atoms with E-state index in [0.29, 0.717) is 16.5 Å². The van der Waals surface area contributed by atoms with Crippen molar-refractivity contribution in [1.82, 2.24) is 15.0 Å². The Labute approximate surface area is 255 Å². The fourth-order valence-electron chi connectivity index (χ4n) is 3.99.